The summed E-state index contributed by atoms with van der Waals surface area (Å²) in [5.74, 6) is -0.863. The molecule has 2 aromatic rings. The van der Waals surface area contributed by atoms with Crippen LogP contribution in [0.5, 0.6) is 0 Å². The van der Waals surface area contributed by atoms with E-state index in [4.69, 9.17) is 11.0 Å². The van der Waals surface area contributed by atoms with Crippen LogP contribution in [0.3, 0.4) is 0 Å². The van der Waals surface area contributed by atoms with Gasteiger partial charge in [-0.15, -0.1) is 0 Å². The summed E-state index contributed by atoms with van der Waals surface area (Å²) in [6.07, 6.45) is -4.64. The van der Waals surface area contributed by atoms with Crippen LogP contribution in [0.1, 0.15) is 29.7 Å². The van der Waals surface area contributed by atoms with Crippen LogP contribution >= 0.6 is 0 Å². The van der Waals surface area contributed by atoms with E-state index < -0.39 is 36.3 Å². The molecule has 162 valence electrons. The second-order valence-electron chi connectivity index (χ2n) is 7.01. The molecule has 2 aromatic carbocycles. The maximum absolute atomic E-state index is 13.4. The van der Waals surface area contributed by atoms with Gasteiger partial charge in [0.25, 0.3) is 0 Å². The number of carbonyl (C=O) groups is 2. The number of benzene rings is 2. The van der Waals surface area contributed by atoms with E-state index in [2.05, 4.69) is 0 Å². The number of amides is 3. The van der Waals surface area contributed by atoms with Crippen LogP contribution in [0.2, 0.25) is 0 Å². The highest BCUT2D eigenvalue weighted by atomic mass is 19.4. The highest BCUT2D eigenvalue weighted by molar-refractivity contribution is 5.99. The number of primary amides is 1. The lowest BCUT2D eigenvalue weighted by Gasteiger charge is -2.41. The molecule has 0 spiro atoms. The van der Waals surface area contributed by atoms with Gasteiger partial charge in [0.2, 0.25) is 5.91 Å². The molecule has 2 N–H and O–H groups in total. The molecule has 1 aliphatic heterocycles. The molecule has 1 heterocycles. The van der Waals surface area contributed by atoms with Gasteiger partial charge in [-0.2, -0.15) is 23.7 Å². The zero-order valence-electron chi connectivity index (χ0n) is 16.7. The minimum Gasteiger partial charge on any atom is -0.368 e. The molecule has 0 aliphatic carbocycles. The monoisotopic (exact) mass is 439 g/mol. The molecule has 32 heavy (non-hydrogen) atoms. The second kappa shape index (κ2) is 8.44. The Morgan fingerprint density at radius 3 is 2.31 bits per heavy atom. The van der Waals surface area contributed by atoms with Crippen molar-refractivity contribution in [3.63, 3.8) is 0 Å². The van der Waals surface area contributed by atoms with E-state index in [0.717, 1.165) is 28.0 Å². The van der Waals surface area contributed by atoms with Gasteiger partial charge in [0.1, 0.15) is 6.54 Å². The number of halogens is 3. The number of alkyl halides is 3. The Balaban J connectivity index is 2.20. The number of nitrogens with two attached hydrogens (primary N) is 1. The molecule has 1 unspecified atom stereocenters. The first kappa shape index (κ1) is 22.4. The molecule has 0 saturated carbocycles. The lowest BCUT2D eigenvalue weighted by Crippen LogP contribution is -2.52. The Bertz CT molecular complexity index is 1190. The van der Waals surface area contributed by atoms with Gasteiger partial charge >= 0.3 is 12.2 Å². The van der Waals surface area contributed by atoms with Crippen LogP contribution in [-0.2, 0) is 11.0 Å². The predicted octanol–water partition coefficient (Wildman–Crippen LogP) is 3.84. The Hall–Kier alpha value is -4.31. The molecular formula is C22H16F3N5O2. The summed E-state index contributed by atoms with van der Waals surface area (Å²) in [4.78, 5) is 27.1. The van der Waals surface area contributed by atoms with E-state index in [1.165, 1.54) is 37.3 Å². The number of rotatable bonds is 4. The average Bonchev–Trinajstić information content (AvgIpc) is 2.75. The van der Waals surface area contributed by atoms with Gasteiger partial charge in [0, 0.05) is 5.70 Å². The number of hydrogen-bond donors (Lipinski definition) is 1. The van der Waals surface area contributed by atoms with E-state index in [9.17, 15) is 28.0 Å². The van der Waals surface area contributed by atoms with Crippen molar-refractivity contribution in [1.29, 1.82) is 10.5 Å². The first-order valence-corrected chi connectivity index (χ1v) is 9.25. The maximum Gasteiger partial charge on any atom is 0.416 e. The fourth-order valence-corrected chi connectivity index (χ4v) is 3.54. The molecule has 0 saturated heterocycles. The van der Waals surface area contributed by atoms with E-state index in [1.807, 2.05) is 12.1 Å². The molecule has 0 aromatic heterocycles. The molecule has 3 rings (SSSR count). The Morgan fingerprint density at radius 2 is 1.78 bits per heavy atom. The normalized spacial score (nSPS) is 16.6. The van der Waals surface area contributed by atoms with Crippen molar-refractivity contribution in [1.82, 2.24) is 4.90 Å². The van der Waals surface area contributed by atoms with Gasteiger partial charge in [-0.05, 0) is 42.8 Å². The third-order valence-electron chi connectivity index (χ3n) is 4.98. The lowest BCUT2D eigenvalue weighted by atomic mass is 9.93. The first-order valence-electron chi connectivity index (χ1n) is 9.25. The third kappa shape index (κ3) is 4.12. The number of carbonyl (C=O) groups excluding carboxylic acids is 2. The minimum atomic E-state index is -4.64. The van der Waals surface area contributed by atoms with Gasteiger partial charge in [0.05, 0.1) is 40.6 Å². The number of allylic oxidation sites excluding steroid dienone is 1. The molecule has 0 bridgehead atoms. The van der Waals surface area contributed by atoms with Crippen LogP contribution in [0, 0.1) is 22.7 Å². The smallest absolute Gasteiger partial charge is 0.368 e. The third-order valence-corrected chi connectivity index (χ3v) is 4.98. The molecule has 10 heteroatoms. The van der Waals surface area contributed by atoms with Crippen LogP contribution in [0.15, 0.2) is 59.8 Å². The number of nitriles is 2. The van der Waals surface area contributed by atoms with Gasteiger partial charge in [0.15, 0.2) is 0 Å². The maximum atomic E-state index is 13.4. The van der Waals surface area contributed by atoms with Crippen LogP contribution in [0.25, 0.3) is 0 Å². The zero-order valence-corrected chi connectivity index (χ0v) is 16.7. The van der Waals surface area contributed by atoms with E-state index in [0.29, 0.717) is 11.1 Å². The first-order chi connectivity index (χ1) is 15.1. The summed E-state index contributed by atoms with van der Waals surface area (Å²) >= 11 is 0. The summed E-state index contributed by atoms with van der Waals surface area (Å²) < 4.78 is 39.6. The average molecular weight is 439 g/mol. The summed E-state index contributed by atoms with van der Waals surface area (Å²) in [5, 5.41) is 18.9. The quantitative estimate of drug-likeness (QED) is 0.779. The van der Waals surface area contributed by atoms with Gasteiger partial charge in [-0.1, -0.05) is 18.2 Å². The van der Waals surface area contributed by atoms with Crippen molar-refractivity contribution >= 4 is 17.6 Å². The standard InChI is InChI=1S/C22H16F3N5O2/c1-13-18(11-27)20(15-7-5-14(10-26)6-8-15)29(12-19(28)31)21(32)30(13)17-4-2-3-16(9-17)22(23,24)25/h2-9,20H,12H2,1H3,(H2,28,31). The van der Waals surface area contributed by atoms with Crippen molar-refractivity contribution < 1.29 is 22.8 Å². The van der Waals surface area contributed by atoms with E-state index in [1.54, 1.807) is 0 Å². The van der Waals surface area contributed by atoms with Gasteiger partial charge in [-0.3, -0.25) is 9.69 Å². The van der Waals surface area contributed by atoms with Crippen molar-refractivity contribution in [2.45, 2.75) is 19.1 Å². The molecule has 7 nitrogen and oxygen atoms in total. The fourth-order valence-electron chi connectivity index (χ4n) is 3.54. The van der Waals surface area contributed by atoms with E-state index >= 15 is 0 Å². The summed E-state index contributed by atoms with van der Waals surface area (Å²) in [6.45, 7) is 0.867. The summed E-state index contributed by atoms with van der Waals surface area (Å²) in [7, 11) is 0. The largest absolute Gasteiger partial charge is 0.416 e. The second-order valence-corrected chi connectivity index (χ2v) is 7.01. The van der Waals surface area contributed by atoms with Gasteiger partial charge in [-0.25, -0.2) is 4.79 Å². The molecule has 0 fully saturated rings. The van der Waals surface area contributed by atoms with Crippen molar-refractivity contribution in [2.75, 3.05) is 11.4 Å². The van der Waals surface area contributed by atoms with Crippen molar-refractivity contribution in [3.8, 4) is 12.1 Å². The molecule has 1 aliphatic rings. The van der Waals surface area contributed by atoms with Crippen LogP contribution < -0.4 is 10.6 Å². The molecule has 3 amide bonds. The number of hydrogen-bond acceptors (Lipinski definition) is 4. The highest BCUT2D eigenvalue weighted by Gasteiger charge is 2.41. The molecule has 0 radical (unpaired) electrons. The Kier molecular flexibility index (Phi) is 5.90. The topological polar surface area (TPSA) is 114 Å². The number of anilines is 1. The Labute approximate surface area is 181 Å². The summed E-state index contributed by atoms with van der Waals surface area (Å²) in [5.41, 5.74) is 5.20. The molecular weight excluding hydrogens is 423 g/mol. The minimum absolute atomic E-state index is 0.0490. The van der Waals surface area contributed by atoms with Crippen LogP contribution in [0.4, 0.5) is 23.7 Å². The van der Waals surface area contributed by atoms with Crippen molar-refractivity contribution in [3.05, 3.63) is 76.5 Å². The van der Waals surface area contributed by atoms with E-state index in [-0.39, 0.29) is 17.0 Å². The highest BCUT2D eigenvalue weighted by Crippen LogP contribution is 2.40. The summed E-state index contributed by atoms with van der Waals surface area (Å²) in [6, 6.07) is 12.3. The SMILES string of the molecule is CC1=C(C#N)C(c2ccc(C#N)cc2)N(CC(N)=O)C(=O)N1c1cccc(C(F)(F)F)c1. The predicted molar refractivity (Wildman–Crippen MR) is 107 cm³/mol. The number of urea groups is 1. The lowest BCUT2D eigenvalue weighted by molar-refractivity contribution is -0.137. The molecule has 1 atom stereocenters. The number of nitrogens with zero attached hydrogens (tertiary/aromatic N) is 4. The fraction of sp³-hybridized carbons (Fsp3) is 0.182. The Morgan fingerprint density at radius 1 is 1.12 bits per heavy atom. The van der Waals surface area contributed by atoms with Gasteiger partial charge < -0.3 is 10.6 Å². The van der Waals surface area contributed by atoms with Crippen LogP contribution in [-0.4, -0.2) is 23.4 Å². The van der Waals surface area contributed by atoms with Crippen molar-refractivity contribution in [2.24, 2.45) is 5.73 Å². The zero-order chi connectivity index (χ0) is 23.6.